The maximum atomic E-state index is 8.76. The summed E-state index contributed by atoms with van der Waals surface area (Å²) in [6.07, 6.45) is 6.58. The summed E-state index contributed by atoms with van der Waals surface area (Å²) in [7, 11) is 0. The van der Waals surface area contributed by atoms with Crippen molar-refractivity contribution in [3.63, 3.8) is 0 Å². The second-order valence-corrected chi connectivity index (χ2v) is 5.94. The summed E-state index contributed by atoms with van der Waals surface area (Å²) in [5.74, 6) is 1.21. The number of hydrogen-bond acceptors (Lipinski definition) is 7. The molecule has 8 nitrogen and oxygen atoms in total. The first-order valence-corrected chi connectivity index (χ1v) is 8.41. The molecule has 3 aromatic rings. The molecule has 0 bridgehead atoms. The van der Waals surface area contributed by atoms with E-state index in [1.165, 1.54) is 18.1 Å². The number of nitriles is 1. The van der Waals surface area contributed by atoms with E-state index in [0.717, 1.165) is 31.9 Å². The van der Waals surface area contributed by atoms with E-state index < -0.39 is 0 Å². The highest BCUT2D eigenvalue weighted by Crippen LogP contribution is 2.19. The molecule has 1 aromatic carbocycles. The Kier molecular flexibility index (Phi) is 4.45. The molecule has 0 saturated carbocycles. The smallest absolute Gasteiger partial charge is 0.158 e. The van der Waals surface area contributed by atoms with Gasteiger partial charge in [0.1, 0.15) is 24.0 Å². The number of aromatic nitrogens is 4. The van der Waals surface area contributed by atoms with Crippen molar-refractivity contribution in [1.29, 1.82) is 5.26 Å². The molecule has 1 aliphatic heterocycles. The van der Waals surface area contributed by atoms with E-state index in [1.807, 2.05) is 16.8 Å². The van der Waals surface area contributed by atoms with Gasteiger partial charge >= 0.3 is 0 Å². The minimum atomic E-state index is 0.283. The van der Waals surface area contributed by atoms with Crippen LogP contribution in [-0.2, 0) is 0 Å². The Morgan fingerprint density at radius 1 is 0.962 bits per heavy atom. The molecule has 1 fully saturated rings. The van der Waals surface area contributed by atoms with Crippen LogP contribution in [0.2, 0.25) is 0 Å². The first-order chi connectivity index (χ1) is 12.8. The quantitative estimate of drug-likeness (QED) is 0.742. The molecule has 0 aliphatic carbocycles. The number of benzene rings is 1. The average Bonchev–Trinajstić information content (AvgIpc) is 3.18. The van der Waals surface area contributed by atoms with E-state index in [4.69, 9.17) is 5.26 Å². The highest BCUT2D eigenvalue weighted by atomic mass is 15.2. The first-order valence-electron chi connectivity index (χ1n) is 8.41. The zero-order valence-electron chi connectivity index (χ0n) is 14.1. The molecule has 3 heterocycles. The number of anilines is 3. The molecular weight excluding hydrogens is 328 g/mol. The summed E-state index contributed by atoms with van der Waals surface area (Å²) in [6, 6.07) is 10.4. The van der Waals surface area contributed by atoms with Gasteiger partial charge in [0.25, 0.3) is 0 Å². The lowest BCUT2D eigenvalue weighted by atomic mass is 10.2. The average molecular weight is 346 g/mol. The van der Waals surface area contributed by atoms with Gasteiger partial charge in [-0.25, -0.2) is 15.0 Å². The normalized spacial score (nSPS) is 14.0. The molecule has 0 radical (unpaired) electrons. The lowest BCUT2D eigenvalue weighted by molar-refractivity contribution is 0.589. The molecule has 8 heteroatoms. The molecule has 130 valence electrons. The largest absolute Gasteiger partial charge is 0.369 e. The highest BCUT2D eigenvalue weighted by Gasteiger charge is 2.10. The predicted octanol–water partition coefficient (Wildman–Crippen LogP) is 1.69. The zero-order chi connectivity index (χ0) is 17.8. The molecule has 26 heavy (non-hydrogen) atoms. The van der Waals surface area contributed by atoms with Crippen LogP contribution >= 0.6 is 0 Å². The molecule has 0 unspecified atom stereocenters. The topological polar surface area (TPSA) is 94.7 Å². The number of nitrogens with one attached hydrogen (secondary N) is 2. The van der Waals surface area contributed by atoms with Gasteiger partial charge in [0.15, 0.2) is 5.69 Å². The molecule has 0 spiro atoms. The summed E-state index contributed by atoms with van der Waals surface area (Å²) in [6.45, 7) is 4.11. The third-order valence-corrected chi connectivity index (χ3v) is 4.24. The Morgan fingerprint density at radius 3 is 2.42 bits per heavy atom. The number of imidazole rings is 1. The maximum absolute atomic E-state index is 8.76. The summed E-state index contributed by atoms with van der Waals surface area (Å²) in [5, 5.41) is 15.2. The molecule has 0 atom stereocenters. The number of nitrogens with zero attached hydrogens (tertiary/aromatic N) is 6. The van der Waals surface area contributed by atoms with Crippen molar-refractivity contribution in [1.82, 2.24) is 24.8 Å². The van der Waals surface area contributed by atoms with Crippen LogP contribution < -0.4 is 15.5 Å². The van der Waals surface area contributed by atoms with Crippen molar-refractivity contribution in [3.05, 3.63) is 54.9 Å². The molecule has 2 aromatic heterocycles. The van der Waals surface area contributed by atoms with E-state index in [1.54, 1.807) is 6.33 Å². The summed E-state index contributed by atoms with van der Waals surface area (Å²) in [4.78, 5) is 14.8. The minimum Gasteiger partial charge on any atom is -0.369 e. The zero-order valence-corrected chi connectivity index (χ0v) is 14.1. The third kappa shape index (κ3) is 3.48. The SMILES string of the molecule is N#Cc1cnc(Nc2cn(-c3ccc(N4CCNCC4)cc3)cn2)cn1. The fourth-order valence-corrected chi connectivity index (χ4v) is 2.87. The van der Waals surface area contributed by atoms with Crippen LogP contribution in [0.4, 0.5) is 17.3 Å². The van der Waals surface area contributed by atoms with Gasteiger partial charge in [-0.15, -0.1) is 0 Å². The van der Waals surface area contributed by atoms with E-state index in [2.05, 4.69) is 54.8 Å². The lowest BCUT2D eigenvalue weighted by Crippen LogP contribution is -2.43. The molecule has 1 aliphatic rings. The Hall–Kier alpha value is -3.44. The van der Waals surface area contributed by atoms with E-state index in [0.29, 0.717) is 11.6 Å². The molecule has 1 saturated heterocycles. The van der Waals surface area contributed by atoms with Crippen molar-refractivity contribution in [2.75, 3.05) is 36.4 Å². The first kappa shape index (κ1) is 16.1. The number of piperazine rings is 1. The van der Waals surface area contributed by atoms with Crippen LogP contribution in [0.15, 0.2) is 49.2 Å². The minimum absolute atomic E-state index is 0.283. The van der Waals surface area contributed by atoms with Crippen molar-refractivity contribution in [2.24, 2.45) is 0 Å². The van der Waals surface area contributed by atoms with Gasteiger partial charge in [0, 0.05) is 37.6 Å². The Labute approximate surface area is 151 Å². The van der Waals surface area contributed by atoms with Crippen LogP contribution in [0.5, 0.6) is 0 Å². The van der Waals surface area contributed by atoms with Crippen molar-refractivity contribution >= 4 is 17.3 Å². The Balaban J connectivity index is 1.46. The van der Waals surface area contributed by atoms with E-state index in [-0.39, 0.29) is 5.69 Å². The number of hydrogen-bond donors (Lipinski definition) is 2. The van der Waals surface area contributed by atoms with Gasteiger partial charge < -0.3 is 20.1 Å². The highest BCUT2D eigenvalue weighted by molar-refractivity contribution is 5.54. The Bertz CT molecular complexity index is 902. The van der Waals surface area contributed by atoms with Gasteiger partial charge in [-0.2, -0.15) is 5.26 Å². The second-order valence-electron chi connectivity index (χ2n) is 5.94. The van der Waals surface area contributed by atoms with Crippen LogP contribution in [0.1, 0.15) is 5.69 Å². The van der Waals surface area contributed by atoms with Crippen LogP contribution in [0.25, 0.3) is 5.69 Å². The third-order valence-electron chi connectivity index (χ3n) is 4.24. The van der Waals surface area contributed by atoms with Crippen molar-refractivity contribution in [3.8, 4) is 11.8 Å². The Morgan fingerprint density at radius 2 is 1.73 bits per heavy atom. The van der Waals surface area contributed by atoms with Gasteiger partial charge in [0.05, 0.1) is 18.6 Å². The predicted molar refractivity (Wildman–Crippen MR) is 98.7 cm³/mol. The van der Waals surface area contributed by atoms with Crippen LogP contribution in [-0.4, -0.2) is 45.7 Å². The fourth-order valence-electron chi connectivity index (χ4n) is 2.87. The summed E-state index contributed by atoms with van der Waals surface area (Å²) in [5.41, 5.74) is 2.56. The molecular formula is C18H18N8. The second kappa shape index (κ2) is 7.21. The number of rotatable bonds is 4. The van der Waals surface area contributed by atoms with Gasteiger partial charge in [-0.05, 0) is 24.3 Å². The van der Waals surface area contributed by atoms with E-state index >= 15 is 0 Å². The maximum Gasteiger partial charge on any atom is 0.158 e. The molecule has 0 amide bonds. The monoisotopic (exact) mass is 346 g/mol. The standard InChI is InChI=1S/C18H18N8/c19-9-14-10-22-17(11-21-14)24-18-12-26(13-23-18)16-3-1-15(2-4-16)25-7-5-20-6-8-25/h1-4,10-13,20H,5-8H2,(H,22,24). The van der Waals surface area contributed by atoms with Crippen LogP contribution in [0.3, 0.4) is 0 Å². The van der Waals surface area contributed by atoms with Crippen molar-refractivity contribution < 1.29 is 0 Å². The molecule has 2 N–H and O–H groups in total. The van der Waals surface area contributed by atoms with Gasteiger partial charge in [-0.3, -0.25) is 0 Å². The lowest BCUT2D eigenvalue weighted by Gasteiger charge is -2.29. The fraction of sp³-hybridized carbons (Fsp3) is 0.222. The van der Waals surface area contributed by atoms with Gasteiger partial charge in [0.2, 0.25) is 0 Å². The summed E-state index contributed by atoms with van der Waals surface area (Å²) < 4.78 is 1.95. The van der Waals surface area contributed by atoms with E-state index in [9.17, 15) is 0 Å². The summed E-state index contributed by atoms with van der Waals surface area (Å²) >= 11 is 0. The van der Waals surface area contributed by atoms with Gasteiger partial charge in [-0.1, -0.05) is 0 Å². The van der Waals surface area contributed by atoms with Crippen LogP contribution in [0, 0.1) is 11.3 Å². The van der Waals surface area contributed by atoms with Crippen molar-refractivity contribution in [2.45, 2.75) is 0 Å². The molecule has 4 rings (SSSR count).